The van der Waals surface area contributed by atoms with Crippen LogP contribution in [0.4, 0.5) is 16.2 Å². The van der Waals surface area contributed by atoms with Gasteiger partial charge in [0.05, 0.1) is 18.5 Å². The number of carbonyl (C=O) groups excluding carboxylic acids is 1. The summed E-state index contributed by atoms with van der Waals surface area (Å²) in [6.45, 7) is 0. The van der Waals surface area contributed by atoms with Crippen LogP contribution in [0.2, 0.25) is 5.02 Å². The largest absolute Gasteiger partial charge is 0.453 e. The van der Waals surface area contributed by atoms with Gasteiger partial charge in [0.1, 0.15) is 0 Å². The molecule has 1 aromatic rings. The van der Waals surface area contributed by atoms with Crippen LogP contribution in [0.1, 0.15) is 0 Å². The standard InChI is InChI=1S/C8H9ClN2O2/c1-13-8(12)11-7-3-2-5(9)4-6(7)10/h2-4H,10H2,1H3,(H,11,12). The highest BCUT2D eigenvalue weighted by molar-refractivity contribution is 6.31. The molecule has 13 heavy (non-hydrogen) atoms. The number of hydrogen-bond acceptors (Lipinski definition) is 3. The lowest BCUT2D eigenvalue weighted by Crippen LogP contribution is -2.12. The monoisotopic (exact) mass is 200 g/mol. The van der Waals surface area contributed by atoms with Crippen molar-refractivity contribution >= 4 is 29.1 Å². The van der Waals surface area contributed by atoms with Crippen molar-refractivity contribution in [2.24, 2.45) is 0 Å². The van der Waals surface area contributed by atoms with E-state index in [0.717, 1.165) is 0 Å². The Hall–Kier alpha value is -1.42. The molecule has 0 unspecified atom stereocenters. The van der Waals surface area contributed by atoms with Crippen LogP contribution in [0.15, 0.2) is 18.2 Å². The fraction of sp³-hybridized carbons (Fsp3) is 0.125. The molecule has 5 heteroatoms. The first-order valence-electron chi connectivity index (χ1n) is 3.53. The minimum atomic E-state index is -0.561. The summed E-state index contributed by atoms with van der Waals surface area (Å²) < 4.78 is 4.40. The van der Waals surface area contributed by atoms with E-state index in [9.17, 15) is 4.79 Å². The molecule has 3 N–H and O–H groups in total. The minimum Gasteiger partial charge on any atom is -0.453 e. The SMILES string of the molecule is COC(=O)Nc1ccc(Cl)cc1N. The van der Waals surface area contributed by atoms with Gasteiger partial charge in [0, 0.05) is 5.02 Å². The van der Waals surface area contributed by atoms with Gasteiger partial charge in [-0.1, -0.05) is 11.6 Å². The van der Waals surface area contributed by atoms with E-state index >= 15 is 0 Å². The van der Waals surface area contributed by atoms with Gasteiger partial charge in [0.25, 0.3) is 0 Å². The molecule has 70 valence electrons. The van der Waals surface area contributed by atoms with Crippen LogP contribution in [0, 0.1) is 0 Å². The van der Waals surface area contributed by atoms with Gasteiger partial charge in [0.2, 0.25) is 0 Å². The molecular weight excluding hydrogens is 192 g/mol. The first kappa shape index (κ1) is 9.67. The van der Waals surface area contributed by atoms with Crippen LogP contribution in [-0.4, -0.2) is 13.2 Å². The Morgan fingerprint density at radius 1 is 1.62 bits per heavy atom. The lowest BCUT2D eigenvalue weighted by atomic mass is 10.3. The fourth-order valence-electron chi connectivity index (χ4n) is 0.808. The summed E-state index contributed by atoms with van der Waals surface area (Å²) in [5, 5.41) is 2.96. The Balaban J connectivity index is 2.83. The van der Waals surface area contributed by atoms with Crippen molar-refractivity contribution in [2.45, 2.75) is 0 Å². The molecule has 0 heterocycles. The Kier molecular flexibility index (Phi) is 2.97. The van der Waals surface area contributed by atoms with E-state index in [0.29, 0.717) is 16.4 Å². The van der Waals surface area contributed by atoms with Crippen molar-refractivity contribution in [1.29, 1.82) is 0 Å². The van der Waals surface area contributed by atoms with E-state index < -0.39 is 6.09 Å². The molecule has 0 spiro atoms. The van der Waals surface area contributed by atoms with Gasteiger partial charge in [-0.25, -0.2) is 4.79 Å². The Labute approximate surface area is 80.6 Å². The lowest BCUT2D eigenvalue weighted by molar-refractivity contribution is 0.187. The van der Waals surface area contributed by atoms with Gasteiger partial charge in [-0.2, -0.15) is 0 Å². The van der Waals surface area contributed by atoms with E-state index in [4.69, 9.17) is 17.3 Å². The molecule has 0 saturated heterocycles. The summed E-state index contributed by atoms with van der Waals surface area (Å²) in [5.74, 6) is 0. The molecule has 0 aliphatic rings. The van der Waals surface area contributed by atoms with Gasteiger partial charge >= 0.3 is 6.09 Å². The number of carbonyl (C=O) groups is 1. The van der Waals surface area contributed by atoms with Gasteiger partial charge in [-0.3, -0.25) is 5.32 Å². The number of amides is 1. The maximum Gasteiger partial charge on any atom is 0.411 e. The van der Waals surface area contributed by atoms with E-state index in [2.05, 4.69) is 10.1 Å². The quantitative estimate of drug-likeness (QED) is 0.683. The van der Waals surface area contributed by atoms with E-state index in [-0.39, 0.29) is 0 Å². The Morgan fingerprint density at radius 3 is 2.85 bits per heavy atom. The van der Waals surface area contributed by atoms with E-state index in [1.54, 1.807) is 18.2 Å². The van der Waals surface area contributed by atoms with Gasteiger partial charge < -0.3 is 10.5 Å². The third kappa shape index (κ3) is 2.52. The van der Waals surface area contributed by atoms with Gasteiger partial charge in [-0.15, -0.1) is 0 Å². The molecule has 1 amide bonds. The minimum absolute atomic E-state index is 0.401. The molecule has 1 rings (SSSR count). The van der Waals surface area contributed by atoms with Crippen LogP contribution in [0.5, 0.6) is 0 Å². The van der Waals surface area contributed by atoms with Crippen LogP contribution >= 0.6 is 11.6 Å². The maximum absolute atomic E-state index is 10.8. The molecule has 0 atom stereocenters. The highest BCUT2D eigenvalue weighted by Crippen LogP contribution is 2.22. The molecule has 0 fully saturated rings. The van der Waals surface area contributed by atoms with Gasteiger partial charge in [-0.05, 0) is 18.2 Å². The van der Waals surface area contributed by atoms with Crippen LogP contribution in [-0.2, 0) is 4.74 Å². The summed E-state index contributed by atoms with van der Waals surface area (Å²) in [6, 6.07) is 4.78. The predicted molar refractivity (Wildman–Crippen MR) is 51.9 cm³/mol. The normalized spacial score (nSPS) is 9.38. The van der Waals surface area contributed by atoms with Crippen molar-refractivity contribution in [1.82, 2.24) is 0 Å². The first-order valence-corrected chi connectivity index (χ1v) is 3.91. The molecule has 0 aromatic heterocycles. The Bertz CT molecular complexity index is 328. The average Bonchev–Trinajstić information content (AvgIpc) is 2.09. The van der Waals surface area contributed by atoms with Crippen molar-refractivity contribution in [3.05, 3.63) is 23.2 Å². The van der Waals surface area contributed by atoms with Gasteiger partial charge in [0.15, 0.2) is 0 Å². The number of methoxy groups -OCH3 is 1. The van der Waals surface area contributed by atoms with E-state index in [1.807, 2.05) is 0 Å². The topological polar surface area (TPSA) is 64.3 Å². The smallest absolute Gasteiger partial charge is 0.411 e. The maximum atomic E-state index is 10.8. The summed E-state index contributed by atoms with van der Waals surface area (Å²) in [6.07, 6.45) is -0.561. The zero-order valence-electron chi connectivity index (χ0n) is 7.00. The highest BCUT2D eigenvalue weighted by atomic mass is 35.5. The van der Waals surface area contributed by atoms with E-state index in [1.165, 1.54) is 7.11 Å². The second-order valence-electron chi connectivity index (χ2n) is 2.35. The van der Waals surface area contributed by atoms with Crippen molar-refractivity contribution in [2.75, 3.05) is 18.2 Å². The lowest BCUT2D eigenvalue weighted by Gasteiger charge is -2.06. The van der Waals surface area contributed by atoms with Crippen LogP contribution < -0.4 is 11.1 Å². The molecule has 0 aliphatic heterocycles. The number of nitrogen functional groups attached to an aromatic ring is 1. The Morgan fingerprint density at radius 2 is 2.31 bits per heavy atom. The summed E-state index contributed by atoms with van der Waals surface area (Å²) in [7, 11) is 1.28. The number of nitrogens with one attached hydrogen (secondary N) is 1. The zero-order chi connectivity index (χ0) is 9.84. The number of benzene rings is 1. The number of nitrogens with two attached hydrogens (primary N) is 1. The summed E-state index contributed by atoms with van der Waals surface area (Å²) in [4.78, 5) is 10.8. The second-order valence-corrected chi connectivity index (χ2v) is 2.78. The molecule has 0 saturated carbocycles. The third-order valence-corrected chi connectivity index (χ3v) is 1.67. The van der Waals surface area contributed by atoms with Crippen LogP contribution in [0.3, 0.4) is 0 Å². The molecule has 0 aliphatic carbocycles. The van der Waals surface area contributed by atoms with Crippen LogP contribution in [0.25, 0.3) is 0 Å². The van der Waals surface area contributed by atoms with Crippen molar-refractivity contribution in [3.63, 3.8) is 0 Å². The summed E-state index contributed by atoms with van der Waals surface area (Å²) >= 11 is 5.66. The number of rotatable bonds is 1. The molecule has 0 bridgehead atoms. The zero-order valence-corrected chi connectivity index (χ0v) is 7.76. The number of hydrogen-bond donors (Lipinski definition) is 2. The summed E-state index contributed by atoms with van der Waals surface area (Å²) in [5.41, 5.74) is 6.45. The average molecular weight is 201 g/mol. The molecule has 0 radical (unpaired) electrons. The number of ether oxygens (including phenoxy) is 1. The number of anilines is 2. The van der Waals surface area contributed by atoms with Crippen molar-refractivity contribution in [3.8, 4) is 0 Å². The van der Waals surface area contributed by atoms with Crippen molar-refractivity contribution < 1.29 is 9.53 Å². The highest BCUT2D eigenvalue weighted by Gasteiger charge is 2.03. The number of halogens is 1. The molecular formula is C8H9ClN2O2. The predicted octanol–water partition coefficient (Wildman–Crippen LogP) is 2.10. The third-order valence-electron chi connectivity index (χ3n) is 1.44. The molecule has 4 nitrogen and oxygen atoms in total. The second kappa shape index (κ2) is 4.00. The fourth-order valence-corrected chi connectivity index (χ4v) is 0.989. The first-order chi connectivity index (χ1) is 6.13. The molecule has 1 aromatic carbocycles.